The zero-order valence-corrected chi connectivity index (χ0v) is 12.1. The molecule has 0 spiro atoms. The third-order valence-electron chi connectivity index (χ3n) is 1.01. The summed E-state index contributed by atoms with van der Waals surface area (Å²) in [5.74, 6) is 0. The van der Waals surface area contributed by atoms with Crippen LogP contribution in [0.1, 0.15) is 41.5 Å². The van der Waals surface area contributed by atoms with Gasteiger partial charge in [0.2, 0.25) is 0 Å². The van der Waals surface area contributed by atoms with E-state index in [0.29, 0.717) is 0 Å². The smallest absolute Gasteiger partial charge is 0.417 e. The summed E-state index contributed by atoms with van der Waals surface area (Å²) < 4.78 is 9.19. The molecule has 0 heterocycles. The quantitative estimate of drug-likeness (QED) is 0.622. The lowest BCUT2D eigenvalue weighted by atomic mass is 10.2. The second-order valence-corrected chi connectivity index (χ2v) is 5.47. The van der Waals surface area contributed by atoms with E-state index < -0.39 is 29.5 Å². The van der Waals surface area contributed by atoms with Gasteiger partial charge in [-0.05, 0) is 41.5 Å². The number of amides is 3. The van der Waals surface area contributed by atoms with Crippen LogP contribution in [-0.2, 0) is 9.47 Å². The van der Waals surface area contributed by atoms with Crippen LogP contribution in [0.3, 0.4) is 0 Å². The van der Waals surface area contributed by atoms with E-state index >= 15 is 0 Å². The number of hydrogen-bond donors (Lipinski definition) is 3. The molecule has 0 aromatic heterocycles. The highest BCUT2D eigenvalue weighted by atomic mass is 16.6. The SMILES string of the molecule is CC(C)(C)OC(=O)NC(=O)O.CC(C)(C)OC(N)=O. The summed E-state index contributed by atoms with van der Waals surface area (Å²) in [5, 5.41) is 9.62. The predicted molar refractivity (Wildman–Crippen MR) is 67.8 cm³/mol. The molecule has 0 aliphatic heterocycles. The average molecular weight is 278 g/mol. The molecule has 0 radical (unpaired) electrons. The molecule has 112 valence electrons. The third-order valence-corrected chi connectivity index (χ3v) is 1.01. The monoisotopic (exact) mass is 278 g/mol. The minimum absolute atomic E-state index is 0.453. The molecule has 0 aromatic carbocycles. The van der Waals surface area contributed by atoms with E-state index in [0.717, 1.165) is 0 Å². The summed E-state index contributed by atoms with van der Waals surface area (Å²) in [6, 6.07) is 0. The number of carboxylic acid groups (broad SMARTS) is 1. The Morgan fingerprint density at radius 3 is 1.47 bits per heavy atom. The molecular formula is C11H22N2O6. The summed E-state index contributed by atoms with van der Waals surface area (Å²) in [6.45, 7) is 10.2. The third kappa shape index (κ3) is 21.8. The summed E-state index contributed by atoms with van der Waals surface area (Å²) in [5.41, 5.74) is 3.60. The fourth-order valence-electron chi connectivity index (χ4n) is 0.693. The van der Waals surface area contributed by atoms with E-state index in [-0.39, 0.29) is 0 Å². The fourth-order valence-corrected chi connectivity index (χ4v) is 0.693. The standard InChI is InChI=1S/C6H11NO4.C5H11NO2/c1-6(2,3)11-5(10)7-4(8)9;1-5(2,3)8-4(6)7/h1-3H3,(H,7,10)(H,8,9);1-3H3,(H2,6,7). The van der Waals surface area contributed by atoms with Gasteiger partial charge in [-0.15, -0.1) is 0 Å². The zero-order chi connectivity index (χ0) is 15.9. The number of nitrogens with one attached hydrogen (secondary N) is 1. The van der Waals surface area contributed by atoms with Crippen LogP contribution >= 0.6 is 0 Å². The van der Waals surface area contributed by atoms with Gasteiger partial charge in [-0.25, -0.2) is 19.7 Å². The first-order valence-electron chi connectivity index (χ1n) is 5.44. The Bertz CT molecular complexity index is 327. The van der Waals surface area contributed by atoms with Crippen molar-refractivity contribution in [2.24, 2.45) is 5.73 Å². The molecule has 0 aliphatic carbocycles. The largest absolute Gasteiger partial charge is 0.465 e. The van der Waals surface area contributed by atoms with Crippen LogP contribution in [0.4, 0.5) is 14.4 Å². The van der Waals surface area contributed by atoms with Gasteiger partial charge in [0.1, 0.15) is 11.2 Å². The first-order chi connectivity index (χ1) is 8.23. The van der Waals surface area contributed by atoms with E-state index in [4.69, 9.17) is 10.8 Å². The summed E-state index contributed by atoms with van der Waals surface area (Å²) in [4.78, 5) is 30.5. The van der Waals surface area contributed by atoms with Gasteiger partial charge < -0.3 is 20.3 Å². The van der Waals surface area contributed by atoms with E-state index in [2.05, 4.69) is 9.47 Å². The van der Waals surface area contributed by atoms with Gasteiger partial charge in [0.15, 0.2) is 0 Å². The van der Waals surface area contributed by atoms with Gasteiger partial charge in [0.25, 0.3) is 0 Å². The van der Waals surface area contributed by atoms with Gasteiger partial charge in [-0.3, -0.25) is 0 Å². The Balaban J connectivity index is 0. The molecule has 0 atom stereocenters. The van der Waals surface area contributed by atoms with Crippen LogP contribution in [0.25, 0.3) is 0 Å². The summed E-state index contributed by atoms with van der Waals surface area (Å²) in [7, 11) is 0. The summed E-state index contributed by atoms with van der Waals surface area (Å²) in [6.07, 6.45) is -3.10. The number of alkyl carbamates (subject to hydrolysis) is 1. The number of nitrogens with two attached hydrogens (primary N) is 1. The van der Waals surface area contributed by atoms with Crippen LogP contribution in [0.5, 0.6) is 0 Å². The normalized spacial score (nSPS) is 10.6. The van der Waals surface area contributed by atoms with Crippen LogP contribution in [0, 0.1) is 0 Å². The predicted octanol–water partition coefficient (Wildman–Crippen LogP) is 2.07. The van der Waals surface area contributed by atoms with Gasteiger partial charge in [0, 0.05) is 0 Å². The molecule has 8 heteroatoms. The lowest BCUT2D eigenvalue weighted by Gasteiger charge is -2.18. The number of primary amides is 1. The maximum Gasteiger partial charge on any atom is 0.417 e. The van der Waals surface area contributed by atoms with Crippen LogP contribution in [-0.4, -0.2) is 34.6 Å². The molecule has 3 amide bonds. The van der Waals surface area contributed by atoms with Crippen molar-refractivity contribution in [3.63, 3.8) is 0 Å². The van der Waals surface area contributed by atoms with Gasteiger partial charge in [0.05, 0.1) is 0 Å². The second kappa shape index (κ2) is 7.45. The maximum absolute atomic E-state index is 10.6. The molecule has 4 N–H and O–H groups in total. The van der Waals surface area contributed by atoms with E-state index in [9.17, 15) is 14.4 Å². The van der Waals surface area contributed by atoms with Crippen molar-refractivity contribution in [1.29, 1.82) is 0 Å². The topological polar surface area (TPSA) is 128 Å². The van der Waals surface area contributed by atoms with E-state index in [1.807, 2.05) is 0 Å². The van der Waals surface area contributed by atoms with Crippen molar-refractivity contribution in [1.82, 2.24) is 5.32 Å². The Kier molecular flexibility index (Phi) is 7.58. The van der Waals surface area contributed by atoms with Crippen molar-refractivity contribution in [3.8, 4) is 0 Å². The lowest BCUT2D eigenvalue weighted by molar-refractivity contribution is 0.0528. The maximum atomic E-state index is 10.6. The highest BCUT2D eigenvalue weighted by molar-refractivity contribution is 5.86. The fraction of sp³-hybridized carbons (Fsp3) is 0.727. The molecule has 8 nitrogen and oxygen atoms in total. The molecular weight excluding hydrogens is 256 g/mol. The van der Waals surface area contributed by atoms with E-state index in [1.165, 1.54) is 0 Å². The number of imide groups is 1. The molecule has 0 saturated heterocycles. The van der Waals surface area contributed by atoms with Crippen LogP contribution in [0.15, 0.2) is 0 Å². The molecule has 0 unspecified atom stereocenters. The molecule has 0 aromatic rings. The average Bonchev–Trinajstić information content (AvgIpc) is 1.91. The van der Waals surface area contributed by atoms with Crippen molar-refractivity contribution < 1.29 is 29.0 Å². The Hall–Kier alpha value is -1.99. The number of rotatable bonds is 0. The second-order valence-electron chi connectivity index (χ2n) is 5.47. The van der Waals surface area contributed by atoms with Crippen molar-refractivity contribution in [2.45, 2.75) is 52.7 Å². The Labute approximate surface area is 112 Å². The van der Waals surface area contributed by atoms with Gasteiger partial charge in [-0.2, -0.15) is 0 Å². The number of hydrogen-bond acceptors (Lipinski definition) is 5. The molecule has 19 heavy (non-hydrogen) atoms. The number of ether oxygens (including phenoxy) is 2. The van der Waals surface area contributed by atoms with Crippen molar-refractivity contribution in [2.75, 3.05) is 0 Å². The van der Waals surface area contributed by atoms with Crippen molar-refractivity contribution >= 4 is 18.3 Å². The lowest BCUT2D eigenvalue weighted by Crippen LogP contribution is -2.35. The first-order valence-corrected chi connectivity index (χ1v) is 5.44. The number of carbonyl (C=O) groups excluding carboxylic acids is 2. The molecule has 0 fully saturated rings. The van der Waals surface area contributed by atoms with Gasteiger partial charge >= 0.3 is 18.3 Å². The van der Waals surface area contributed by atoms with Crippen LogP contribution < -0.4 is 11.1 Å². The minimum atomic E-state index is -1.42. The number of carbonyl (C=O) groups is 3. The van der Waals surface area contributed by atoms with Crippen molar-refractivity contribution in [3.05, 3.63) is 0 Å². The highest BCUT2D eigenvalue weighted by Gasteiger charge is 2.17. The Morgan fingerprint density at radius 2 is 1.32 bits per heavy atom. The minimum Gasteiger partial charge on any atom is -0.465 e. The molecule has 0 saturated carbocycles. The molecule has 0 bridgehead atoms. The zero-order valence-electron chi connectivity index (χ0n) is 12.1. The Morgan fingerprint density at radius 1 is 0.947 bits per heavy atom. The first kappa shape index (κ1) is 19.4. The molecule has 0 rings (SSSR count). The molecule has 0 aliphatic rings. The van der Waals surface area contributed by atoms with Gasteiger partial charge in [-0.1, -0.05) is 0 Å². The highest BCUT2D eigenvalue weighted by Crippen LogP contribution is 2.06. The summed E-state index contributed by atoms with van der Waals surface area (Å²) >= 11 is 0. The van der Waals surface area contributed by atoms with E-state index in [1.54, 1.807) is 46.9 Å². The van der Waals surface area contributed by atoms with Crippen LogP contribution in [0.2, 0.25) is 0 Å².